The lowest BCUT2D eigenvalue weighted by atomic mass is 10.2. The first-order chi connectivity index (χ1) is 15.2. The predicted molar refractivity (Wildman–Crippen MR) is 127 cm³/mol. The molecule has 6 nitrogen and oxygen atoms in total. The van der Waals surface area contributed by atoms with E-state index >= 15 is 0 Å². The number of aryl methyl sites for hydroxylation is 2. The van der Waals surface area contributed by atoms with Gasteiger partial charge in [-0.25, -0.2) is 8.42 Å². The van der Waals surface area contributed by atoms with Crippen LogP contribution in [-0.4, -0.2) is 46.5 Å². The number of nitrogens with zero attached hydrogens (tertiary/aromatic N) is 2. The van der Waals surface area contributed by atoms with Crippen molar-refractivity contribution in [2.45, 2.75) is 18.7 Å². The lowest BCUT2D eigenvalue weighted by molar-refractivity contribution is 0.0773. The molecule has 0 heterocycles. The van der Waals surface area contributed by atoms with Crippen LogP contribution in [0.2, 0.25) is 0 Å². The molecule has 3 aromatic carbocycles. The Labute approximate surface area is 190 Å². The Bertz CT molecular complexity index is 1190. The standard InChI is InChI=1S/C25H28N2O4S/c1-19-11-13-22(14-12-19)27(4)32(29,30)24-10-6-8-21(18-24)25(28)26(3)15-16-31-23-9-5-7-20(2)17-23/h5-14,17-18H,15-16H2,1-4H3. The van der Waals surface area contributed by atoms with Crippen molar-refractivity contribution in [2.75, 3.05) is 31.6 Å². The number of sulfonamides is 1. The smallest absolute Gasteiger partial charge is 0.264 e. The Balaban J connectivity index is 1.69. The molecule has 0 unspecified atom stereocenters. The first-order valence-corrected chi connectivity index (χ1v) is 11.7. The molecule has 0 bridgehead atoms. The maximum Gasteiger partial charge on any atom is 0.264 e. The second-order valence-corrected chi connectivity index (χ2v) is 9.70. The van der Waals surface area contributed by atoms with Crippen LogP contribution in [0.5, 0.6) is 5.75 Å². The van der Waals surface area contributed by atoms with Gasteiger partial charge in [0.1, 0.15) is 12.4 Å². The van der Waals surface area contributed by atoms with Crippen molar-refractivity contribution < 1.29 is 17.9 Å². The zero-order valence-electron chi connectivity index (χ0n) is 18.8. The Morgan fingerprint density at radius 3 is 2.25 bits per heavy atom. The van der Waals surface area contributed by atoms with E-state index in [1.54, 1.807) is 31.3 Å². The maximum atomic E-state index is 13.1. The van der Waals surface area contributed by atoms with Gasteiger partial charge in [-0.3, -0.25) is 9.10 Å². The average molecular weight is 453 g/mol. The molecule has 0 aliphatic rings. The van der Waals surface area contributed by atoms with E-state index in [9.17, 15) is 13.2 Å². The van der Waals surface area contributed by atoms with Gasteiger partial charge in [-0.05, 0) is 61.9 Å². The Hall–Kier alpha value is -3.32. The van der Waals surface area contributed by atoms with Gasteiger partial charge >= 0.3 is 0 Å². The summed E-state index contributed by atoms with van der Waals surface area (Å²) in [7, 11) is -0.634. The normalized spacial score (nSPS) is 11.1. The summed E-state index contributed by atoms with van der Waals surface area (Å²) >= 11 is 0. The van der Waals surface area contributed by atoms with Crippen molar-refractivity contribution in [1.82, 2.24) is 4.90 Å². The van der Waals surface area contributed by atoms with Gasteiger partial charge in [0.05, 0.1) is 17.1 Å². The Morgan fingerprint density at radius 1 is 0.875 bits per heavy atom. The molecular weight excluding hydrogens is 424 g/mol. The highest BCUT2D eigenvalue weighted by atomic mass is 32.2. The quantitative estimate of drug-likeness (QED) is 0.512. The number of hydrogen-bond donors (Lipinski definition) is 0. The molecule has 0 N–H and O–H groups in total. The van der Waals surface area contributed by atoms with E-state index in [2.05, 4.69) is 0 Å². The lowest BCUT2D eigenvalue weighted by Crippen LogP contribution is -2.31. The minimum atomic E-state index is -3.81. The summed E-state index contributed by atoms with van der Waals surface area (Å²) in [4.78, 5) is 14.4. The first kappa shape index (κ1) is 23.3. The average Bonchev–Trinajstić information content (AvgIpc) is 2.78. The molecular formula is C25H28N2O4S. The number of hydrogen-bond acceptors (Lipinski definition) is 4. The predicted octanol–water partition coefficient (Wildman–Crippen LogP) is 4.28. The van der Waals surface area contributed by atoms with Crippen LogP contribution in [0.1, 0.15) is 21.5 Å². The molecule has 0 aliphatic heterocycles. The highest BCUT2D eigenvalue weighted by Gasteiger charge is 2.23. The number of likely N-dealkylation sites (N-methyl/N-ethyl adjacent to an activating group) is 1. The highest BCUT2D eigenvalue weighted by Crippen LogP contribution is 2.23. The van der Waals surface area contributed by atoms with Gasteiger partial charge in [0.25, 0.3) is 15.9 Å². The van der Waals surface area contributed by atoms with E-state index in [0.29, 0.717) is 24.4 Å². The van der Waals surface area contributed by atoms with Crippen LogP contribution >= 0.6 is 0 Å². The molecule has 3 aromatic rings. The molecule has 168 valence electrons. The van der Waals surface area contributed by atoms with Crippen molar-refractivity contribution in [3.8, 4) is 5.75 Å². The number of carbonyl (C=O) groups is 1. The summed E-state index contributed by atoms with van der Waals surface area (Å²) in [5.74, 6) is 0.478. The van der Waals surface area contributed by atoms with E-state index < -0.39 is 10.0 Å². The van der Waals surface area contributed by atoms with E-state index in [-0.39, 0.29) is 10.8 Å². The Morgan fingerprint density at radius 2 is 1.56 bits per heavy atom. The molecule has 0 saturated heterocycles. The number of benzene rings is 3. The molecule has 0 radical (unpaired) electrons. The molecule has 1 amide bonds. The van der Waals surface area contributed by atoms with Gasteiger partial charge < -0.3 is 9.64 Å². The highest BCUT2D eigenvalue weighted by molar-refractivity contribution is 7.92. The van der Waals surface area contributed by atoms with Crippen LogP contribution in [0.25, 0.3) is 0 Å². The van der Waals surface area contributed by atoms with Crippen LogP contribution in [0.15, 0.2) is 77.7 Å². The van der Waals surface area contributed by atoms with Gasteiger partial charge in [-0.2, -0.15) is 0 Å². The van der Waals surface area contributed by atoms with E-state index in [1.807, 2.05) is 50.2 Å². The van der Waals surface area contributed by atoms with Gasteiger partial charge in [-0.1, -0.05) is 35.9 Å². The maximum absolute atomic E-state index is 13.1. The number of amides is 1. The fraction of sp³-hybridized carbons (Fsp3) is 0.240. The molecule has 0 aromatic heterocycles. The molecule has 3 rings (SSSR count). The molecule has 0 fully saturated rings. The fourth-order valence-electron chi connectivity index (χ4n) is 3.17. The number of rotatable bonds is 8. The van der Waals surface area contributed by atoms with Crippen molar-refractivity contribution in [3.63, 3.8) is 0 Å². The summed E-state index contributed by atoms with van der Waals surface area (Å²) in [6.07, 6.45) is 0. The molecule has 32 heavy (non-hydrogen) atoms. The summed E-state index contributed by atoms with van der Waals surface area (Å²) in [6.45, 7) is 4.63. The third-order valence-electron chi connectivity index (χ3n) is 5.17. The number of anilines is 1. The van der Waals surface area contributed by atoms with Crippen molar-refractivity contribution in [1.29, 1.82) is 0 Å². The van der Waals surface area contributed by atoms with E-state index in [1.165, 1.54) is 28.4 Å². The van der Waals surface area contributed by atoms with E-state index in [0.717, 1.165) is 16.9 Å². The van der Waals surface area contributed by atoms with Crippen molar-refractivity contribution >= 4 is 21.6 Å². The SMILES string of the molecule is Cc1ccc(N(C)S(=O)(=O)c2cccc(C(=O)N(C)CCOc3cccc(C)c3)c2)cc1. The monoisotopic (exact) mass is 452 g/mol. The van der Waals surface area contributed by atoms with E-state index in [4.69, 9.17) is 4.74 Å². The molecule has 0 saturated carbocycles. The van der Waals surface area contributed by atoms with Gasteiger partial charge in [0.2, 0.25) is 0 Å². The van der Waals surface area contributed by atoms with Crippen LogP contribution in [-0.2, 0) is 10.0 Å². The minimum absolute atomic E-state index is 0.0656. The second kappa shape index (κ2) is 9.87. The van der Waals surface area contributed by atoms with Gasteiger partial charge in [-0.15, -0.1) is 0 Å². The third-order valence-corrected chi connectivity index (χ3v) is 6.95. The second-order valence-electron chi connectivity index (χ2n) is 7.73. The Kier molecular flexibility index (Phi) is 7.20. The zero-order valence-corrected chi connectivity index (χ0v) is 19.6. The summed E-state index contributed by atoms with van der Waals surface area (Å²) in [5, 5.41) is 0. The van der Waals surface area contributed by atoms with Gasteiger partial charge in [0.15, 0.2) is 0 Å². The van der Waals surface area contributed by atoms with Crippen LogP contribution in [0.3, 0.4) is 0 Å². The summed E-state index contributed by atoms with van der Waals surface area (Å²) in [5.41, 5.74) is 3.00. The van der Waals surface area contributed by atoms with Gasteiger partial charge in [0, 0.05) is 19.7 Å². The van der Waals surface area contributed by atoms with Crippen LogP contribution < -0.4 is 9.04 Å². The summed E-state index contributed by atoms with van der Waals surface area (Å²) < 4.78 is 33.1. The molecule has 0 aliphatic carbocycles. The topological polar surface area (TPSA) is 66.9 Å². The third kappa shape index (κ3) is 5.48. The van der Waals surface area contributed by atoms with Crippen molar-refractivity contribution in [3.05, 3.63) is 89.5 Å². The zero-order chi connectivity index (χ0) is 23.3. The van der Waals surface area contributed by atoms with Crippen LogP contribution in [0.4, 0.5) is 5.69 Å². The number of ether oxygens (including phenoxy) is 1. The largest absolute Gasteiger partial charge is 0.492 e. The molecule has 7 heteroatoms. The minimum Gasteiger partial charge on any atom is -0.492 e. The molecule has 0 spiro atoms. The fourth-order valence-corrected chi connectivity index (χ4v) is 4.41. The van der Waals surface area contributed by atoms with Crippen molar-refractivity contribution in [2.24, 2.45) is 0 Å². The molecule has 0 atom stereocenters. The van der Waals surface area contributed by atoms with Crippen LogP contribution in [0, 0.1) is 13.8 Å². The summed E-state index contributed by atoms with van der Waals surface area (Å²) in [6, 6.07) is 21.0. The lowest BCUT2D eigenvalue weighted by Gasteiger charge is -2.21. The first-order valence-electron chi connectivity index (χ1n) is 10.3. The number of carbonyl (C=O) groups excluding carboxylic acids is 1.